The molecule has 16 heavy (non-hydrogen) atoms. The van der Waals surface area contributed by atoms with Crippen LogP contribution in [0.25, 0.3) is 0 Å². The Hall–Kier alpha value is -0.820. The summed E-state index contributed by atoms with van der Waals surface area (Å²) in [5.74, 6) is 0. The van der Waals surface area contributed by atoms with E-state index in [2.05, 4.69) is 50.4 Å². The van der Waals surface area contributed by atoms with E-state index in [9.17, 15) is 0 Å². The van der Waals surface area contributed by atoms with E-state index >= 15 is 0 Å². The van der Waals surface area contributed by atoms with Crippen molar-refractivity contribution in [1.82, 2.24) is 0 Å². The third-order valence-corrected chi connectivity index (χ3v) is 3.49. The van der Waals surface area contributed by atoms with Gasteiger partial charge in [-0.15, -0.1) is 11.3 Å². The van der Waals surface area contributed by atoms with Crippen LogP contribution in [0.1, 0.15) is 44.9 Å². The molecule has 0 saturated carbocycles. The molecule has 0 spiro atoms. The second-order valence-electron chi connectivity index (χ2n) is 4.49. The van der Waals surface area contributed by atoms with Crippen LogP contribution < -0.4 is 0 Å². The first-order chi connectivity index (χ1) is 7.68. The van der Waals surface area contributed by atoms with Crippen LogP contribution in [-0.2, 0) is 6.42 Å². The summed E-state index contributed by atoms with van der Waals surface area (Å²) < 4.78 is 0. The van der Waals surface area contributed by atoms with Crippen molar-refractivity contribution in [2.24, 2.45) is 0 Å². The SMILES string of the molecule is CC(C)=CCCC(C)=CCCc1cccs1. The topological polar surface area (TPSA) is 0 Å². The van der Waals surface area contributed by atoms with Gasteiger partial charge in [0.15, 0.2) is 0 Å². The maximum absolute atomic E-state index is 2.39. The summed E-state index contributed by atoms with van der Waals surface area (Å²) in [6, 6.07) is 4.35. The average molecular weight is 234 g/mol. The summed E-state index contributed by atoms with van der Waals surface area (Å²) in [5, 5.41) is 2.15. The lowest BCUT2D eigenvalue weighted by Crippen LogP contribution is -1.81. The van der Waals surface area contributed by atoms with Gasteiger partial charge in [-0.3, -0.25) is 0 Å². The van der Waals surface area contributed by atoms with Crippen LogP contribution in [0.3, 0.4) is 0 Å². The lowest BCUT2D eigenvalue weighted by Gasteiger charge is -1.99. The van der Waals surface area contributed by atoms with E-state index in [1.165, 1.54) is 41.7 Å². The zero-order valence-electron chi connectivity index (χ0n) is 10.6. The Kier molecular flexibility index (Phi) is 6.17. The van der Waals surface area contributed by atoms with Crippen molar-refractivity contribution in [1.29, 1.82) is 0 Å². The predicted molar refractivity (Wildman–Crippen MR) is 75.1 cm³/mol. The number of allylic oxidation sites excluding steroid dienone is 4. The van der Waals surface area contributed by atoms with Crippen LogP contribution in [0.2, 0.25) is 0 Å². The lowest BCUT2D eigenvalue weighted by atomic mass is 10.1. The van der Waals surface area contributed by atoms with Gasteiger partial charge in [0.05, 0.1) is 0 Å². The number of hydrogen-bond donors (Lipinski definition) is 0. The van der Waals surface area contributed by atoms with E-state index < -0.39 is 0 Å². The van der Waals surface area contributed by atoms with Gasteiger partial charge < -0.3 is 0 Å². The Morgan fingerprint density at radius 2 is 2.00 bits per heavy atom. The van der Waals surface area contributed by atoms with Crippen molar-refractivity contribution < 1.29 is 0 Å². The summed E-state index contributed by atoms with van der Waals surface area (Å²) in [6.07, 6.45) is 9.47. The summed E-state index contributed by atoms with van der Waals surface area (Å²) in [7, 11) is 0. The second kappa shape index (κ2) is 7.45. The van der Waals surface area contributed by atoms with Crippen LogP contribution in [-0.4, -0.2) is 0 Å². The molecule has 0 aromatic carbocycles. The van der Waals surface area contributed by atoms with E-state index in [0.717, 1.165) is 0 Å². The van der Waals surface area contributed by atoms with Gasteiger partial charge in [-0.2, -0.15) is 0 Å². The second-order valence-corrected chi connectivity index (χ2v) is 5.52. The van der Waals surface area contributed by atoms with Crippen LogP contribution in [0.4, 0.5) is 0 Å². The predicted octanol–water partition coefficient (Wildman–Crippen LogP) is 5.37. The quantitative estimate of drug-likeness (QED) is 0.580. The Morgan fingerprint density at radius 3 is 2.62 bits per heavy atom. The highest BCUT2D eigenvalue weighted by Gasteiger charge is 1.93. The molecular weight excluding hydrogens is 212 g/mol. The van der Waals surface area contributed by atoms with Crippen LogP contribution in [0.15, 0.2) is 40.8 Å². The fourth-order valence-electron chi connectivity index (χ4n) is 1.61. The van der Waals surface area contributed by atoms with Crippen LogP contribution in [0.5, 0.6) is 0 Å². The molecule has 0 fully saturated rings. The largest absolute Gasteiger partial charge is 0.149 e. The van der Waals surface area contributed by atoms with Gasteiger partial charge in [0.25, 0.3) is 0 Å². The van der Waals surface area contributed by atoms with E-state index in [4.69, 9.17) is 0 Å². The molecule has 0 amide bonds. The Bertz CT molecular complexity index is 338. The molecule has 0 nitrogen and oxygen atoms in total. The van der Waals surface area contributed by atoms with Gasteiger partial charge in [0.2, 0.25) is 0 Å². The first kappa shape index (κ1) is 13.2. The maximum atomic E-state index is 2.39. The molecule has 0 saturated heterocycles. The molecule has 0 bridgehead atoms. The summed E-state index contributed by atoms with van der Waals surface area (Å²) >= 11 is 1.86. The van der Waals surface area contributed by atoms with Crippen molar-refractivity contribution in [3.63, 3.8) is 0 Å². The molecule has 1 aromatic heterocycles. The van der Waals surface area contributed by atoms with Crippen molar-refractivity contribution in [2.45, 2.75) is 46.5 Å². The highest BCUT2D eigenvalue weighted by atomic mass is 32.1. The fraction of sp³-hybridized carbons (Fsp3) is 0.467. The molecule has 0 aliphatic carbocycles. The molecule has 1 aromatic rings. The van der Waals surface area contributed by atoms with Gasteiger partial charge in [0, 0.05) is 4.88 Å². The van der Waals surface area contributed by atoms with Gasteiger partial charge >= 0.3 is 0 Å². The molecule has 0 aliphatic rings. The minimum Gasteiger partial charge on any atom is -0.149 e. The molecule has 0 N–H and O–H groups in total. The molecule has 88 valence electrons. The highest BCUT2D eigenvalue weighted by molar-refractivity contribution is 7.09. The lowest BCUT2D eigenvalue weighted by molar-refractivity contribution is 0.932. The minimum atomic E-state index is 1.18. The average Bonchev–Trinajstić information content (AvgIpc) is 2.70. The first-order valence-corrected chi connectivity index (χ1v) is 6.88. The van der Waals surface area contributed by atoms with Gasteiger partial charge in [0.1, 0.15) is 0 Å². The molecule has 0 unspecified atom stereocenters. The van der Waals surface area contributed by atoms with Gasteiger partial charge in [-0.05, 0) is 57.9 Å². The Morgan fingerprint density at radius 1 is 1.19 bits per heavy atom. The third-order valence-electron chi connectivity index (χ3n) is 2.55. The van der Waals surface area contributed by atoms with Crippen LogP contribution >= 0.6 is 11.3 Å². The Balaban J connectivity index is 2.21. The molecule has 1 heteroatoms. The molecule has 1 heterocycles. The van der Waals surface area contributed by atoms with E-state index in [1.807, 2.05) is 11.3 Å². The molecule has 1 rings (SSSR count). The summed E-state index contributed by atoms with van der Waals surface area (Å²) in [4.78, 5) is 1.49. The molecule has 0 aliphatic heterocycles. The van der Waals surface area contributed by atoms with Gasteiger partial charge in [-0.1, -0.05) is 29.4 Å². The highest BCUT2D eigenvalue weighted by Crippen LogP contribution is 2.13. The smallest absolute Gasteiger partial charge is 0.00483 e. The van der Waals surface area contributed by atoms with E-state index in [0.29, 0.717) is 0 Å². The Labute approximate surface area is 104 Å². The zero-order chi connectivity index (χ0) is 11.8. The standard InChI is InChI=1S/C15H22S/c1-13(2)7-4-8-14(3)9-5-10-15-11-6-12-16-15/h6-7,9,11-12H,4-5,8,10H2,1-3H3. The molecule has 0 atom stereocenters. The number of aryl methyl sites for hydroxylation is 1. The van der Waals surface area contributed by atoms with Crippen LogP contribution in [0, 0.1) is 0 Å². The zero-order valence-corrected chi connectivity index (χ0v) is 11.4. The molecule has 0 radical (unpaired) electrons. The normalized spacial score (nSPS) is 11.6. The summed E-state index contributed by atoms with van der Waals surface area (Å²) in [6.45, 7) is 6.57. The number of thiophene rings is 1. The van der Waals surface area contributed by atoms with Crippen molar-refractivity contribution in [2.75, 3.05) is 0 Å². The van der Waals surface area contributed by atoms with Gasteiger partial charge in [-0.25, -0.2) is 0 Å². The van der Waals surface area contributed by atoms with Crippen molar-refractivity contribution in [3.8, 4) is 0 Å². The first-order valence-electron chi connectivity index (χ1n) is 6.00. The summed E-state index contributed by atoms with van der Waals surface area (Å²) in [5.41, 5.74) is 2.94. The van der Waals surface area contributed by atoms with Crippen molar-refractivity contribution in [3.05, 3.63) is 45.7 Å². The van der Waals surface area contributed by atoms with Crippen molar-refractivity contribution >= 4 is 11.3 Å². The molecular formula is C15H22S. The monoisotopic (exact) mass is 234 g/mol. The number of hydrogen-bond acceptors (Lipinski definition) is 1. The minimum absolute atomic E-state index is 1.18. The van der Waals surface area contributed by atoms with E-state index in [-0.39, 0.29) is 0 Å². The third kappa shape index (κ3) is 5.92. The van der Waals surface area contributed by atoms with E-state index in [1.54, 1.807) is 0 Å². The fourth-order valence-corrected chi connectivity index (χ4v) is 2.33. The maximum Gasteiger partial charge on any atom is 0.00483 e. The number of rotatable bonds is 6.